The molecule has 0 saturated heterocycles. The van der Waals surface area contributed by atoms with Gasteiger partial charge >= 0.3 is 0 Å². The number of H-pyrrole nitrogens is 1. The highest BCUT2D eigenvalue weighted by Gasteiger charge is 2.06. The van der Waals surface area contributed by atoms with E-state index in [0.717, 1.165) is 16.8 Å². The maximum Gasteiger partial charge on any atom is 0.175 e. The summed E-state index contributed by atoms with van der Waals surface area (Å²) in [5, 5.41) is 14.4. The van der Waals surface area contributed by atoms with E-state index in [9.17, 15) is 0 Å². The SMILES string of the molecule is Nc1n[nH]c(N)c1N=Nc1ccc(-c2ccccc2)cc1. The third-order valence-corrected chi connectivity index (χ3v) is 3.03. The van der Waals surface area contributed by atoms with Crippen LogP contribution < -0.4 is 11.5 Å². The van der Waals surface area contributed by atoms with Crippen LogP contribution in [0, 0.1) is 0 Å². The lowest BCUT2D eigenvalue weighted by atomic mass is 10.1. The summed E-state index contributed by atoms with van der Waals surface area (Å²) >= 11 is 0. The van der Waals surface area contributed by atoms with Gasteiger partial charge in [-0.2, -0.15) is 10.2 Å². The zero-order valence-corrected chi connectivity index (χ0v) is 11.2. The molecule has 1 heterocycles. The minimum Gasteiger partial charge on any atom is -0.382 e. The Labute approximate surface area is 121 Å². The molecule has 3 rings (SSSR count). The highest BCUT2D eigenvalue weighted by atomic mass is 15.2. The average molecular weight is 278 g/mol. The molecule has 21 heavy (non-hydrogen) atoms. The van der Waals surface area contributed by atoms with Gasteiger partial charge < -0.3 is 11.5 Å². The van der Waals surface area contributed by atoms with Crippen molar-refractivity contribution in [2.45, 2.75) is 0 Å². The molecule has 5 N–H and O–H groups in total. The summed E-state index contributed by atoms with van der Waals surface area (Å²) in [6, 6.07) is 17.9. The highest BCUT2D eigenvalue weighted by molar-refractivity contribution is 5.70. The first kappa shape index (κ1) is 12.9. The van der Waals surface area contributed by atoms with Crippen LogP contribution in [0.3, 0.4) is 0 Å². The van der Waals surface area contributed by atoms with Crippen LogP contribution in [0.1, 0.15) is 0 Å². The maximum absolute atomic E-state index is 5.65. The Hall–Kier alpha value is -3.15. The number of nitrogen functional groups attached to an aromatic ring is 2. The zero-order chi connectivity index (χ0) is 14.7. The predicted molar refractivity (Wildman–Crippen MR) is 83.5 cm³/mol. The number of aromatic amines is 1. The van der Waals surface area contributed by atoms with E-state index >= 15 is 0 Å². The lowest BCUT2D eigenvalue weighted by Crippen LogP contribution is -1.84. The average Bonchev–Trinajstić information content (AvgIpc) is 2.85. The zero-order valence-electron chi connectivity index (χ0n) is 11.2. The fraction of sp³-hybridized carbons (Fsp3) is 0. The van der Waals surface area contributed by atoms with Crippen LogP contribution in [-0.2, 0) is 0 Å². The normalized spacial score (nSPS) is 11.0. The maximum atomic E-state index is 5.65. The molecular formula is C15H14N6. The van der Waals surface area contributed by atoms with Gasteiger partial charge in [-0.15, -0.1) is 5.11 Å². The number of nitrogens with two attached hydrogens (primary N) is 2. The van der Waals surface area contributed by atoms with Crippen molar-refractivity contribution in [2.24, 2.45) is 10.2 Å². The molecule has 0 atom stereocenters. The van der Waals surface area contributed by atoms with Crippen LogP contribution in [0.25, 0.3) is 11.1 Å². The van der Waals surface area contributed by atoms with Crippen molar-refractivity contribution in [2.75, 3.05) is 11.5 Å². The van der Waals surface area contributed by atoms with Crippen LogP contribution in [0.5, 0.6) is 0 Å². The van der Waals surface area contributed by atoms with Gasteiger partial charge in [-0.3, -0.25) is 5.10 Å². The van der Waals surface area contributed by atoms with E-state index in [1.807, 2.05) is 42.5 Å². The molecule has 6 heteroatoms. The number of anilines is 2. The second-order valence-corrected chi connectivity index (χ2v) is 4.48. The smallest absolute Gasteiger partial charge is 0.175 e. The summed E-state index contributed by atoms with van der Waals surface area (Å²) in [6.07, 6.45) is 0. The van der Waals surface area contributed by atoms with Crippen molar-refractivity contribution in [3.05, 3.63) is 54.6 Å². The molecule has 0 spiro atoms. The second kappa shape index (κ2) is 5.46. The summed E-state index contributed by atoms with van der Waals surface area (Å²) in [4.78, 5) is 0. The standard InChI is InChI=1S/C15H14N6/c16-14-13(15(17)21-20-14)19-18-12-8-6-11(7-9-12)10-4-2-1-3-5-10/h1-9H,(H5,16,17,20,21). The number of benzene rings is 2. The van der Waals surface area contributed by atoms with E-state index < -0.39 is 0 Å². The van der Waals surface area contributed by atoms with Gasteiger partial charge in [0.2, 0.25) is 0 Å². The summed E-state index contributed by atoms with van der Waals surface area (Å²) in [5.41, 5.74) is 14.6. The van der Waals surface area contributed by atoms with Crippen molar-refractivity contribution >= 4 is 23.0 Å². The predicted octanol–water partition coefficient (Wildman–Crippen LogP) is 3.66. The lowest BCUT2D eigenvalue weighted by molar-refractivity contribution is 1.11. The fourth-order valence-electron chi connectivity index (χ4n) is 1.93. The number of aromatic nitrogens is 2. The number of nitrogens with one attached hydrogen (secondary N) is 1. The summed E-state index contributed by atoms with van der Waals surface area (Å²) in [6.45, 7) is 0. The Balaban J connectivity index is 1.82. The summed E-state index contributed by atoms with van der Waals surface area (Å²) in [7, 11) is 0. The Morgan fingerprint density at radius 1 is 0.810 bits per heavy atom. The Bertz CT molecular complexity index is 739. The van der Waals surface area contributed by atoms with Gasteiger partial charge in [0.1, 0.15) is 5.82 Å². The number of rotatable bonds is 3. The summed E-state index contributed by atoms with van der Waals surface area (Å²) in [5.74, 6) is 0.536. The third kappa shape index (κ3) is 2.74. The van der Waals surface area contributed by atoms with E-state index in [0.29, 0.717) is 11.5 Å². The molecule has 0 aliphatic heterocycles. The van der Waals surface area contributed by atoms with E-state index in [1.54, 1.807) is 0 Å². The van der Waals surface area contributed by atoms with Gasteiger partial charge in [-0.1, -0.05) is 42.5 Å². The van der Waals surface area contributed by atoms with Crippen LogP contribution in [0.4, 0.5) is 23.0 Å². The molecule has 0 radical (unpaired) electrons. The first-order valence-corrected chi connectivity index (χ1v) is 6.40. The number of hydrogen-bond donors (Lipinski definition) is 3. The molecule has 0 aliphatic carbocycles. The van der Waals surface area contributed by atoms with Crippen molar-refractivity contribution in [1.82, 2.24) is 10.2 Å². The van der Waals surface area contributed by atoms with Gasteiger partial charge in [0.25, 0.3) is 0 Å². The minimum atomic E-state index is 0.233. The molecule has 3 aromatic rings. The van der Waals surface area contributed by atoms with Crippen molar-refractivity contribution < 1.29 is 0 Å². The van der Waals surface area contributed by atoms with E-state index in [2.05, 4.69) is 32.6 Å². The molecule has 0 aliphatic rings. The van der Waals surface area contributed by atoms with Crippen molar-refractivity contribution in [3.63, 3.8) is 0 Å². The number of hydrogen-bond acceptors (Lipinski definition) is 5. The minimum absolute atomic E-state index is 0.233. The first-order valence-electron chi connectivity index (χ1n) is 6.40. The van der Waals surface area contributed by atoms with Gasteiger partial charge in [0.05, 0.1) is 5.69 Å². The molecule has 6 nitrogen and oxygen atoms in total. The third-order valence-electron chi connectivity index (χ3n) is 3.03. The van der Waals surface area contributed by atoms with Gasteiger partial charge in [-0.05, 0) is 23.3 Å². The topological polar surface area (TPSA) is 105 Å². The number of azo groups is 1. The fourth-order valence-corrected chi connectivity index (χ4v) is 1.93. The molecule has 0 bridgehead atoms. The highest BCUT2D eigenvalue weighted by Crippen LogP contribution is 2.29. The molecular weight excluding hydrogens is 264 g/mol. The van der Waals surface area contributed by atoms with E-state index in [4.69, 9.17) is 11.5 Å². The van der Waals surface area contributed by atoms with Crippen molar-refractivity contribution in [1.29, 1.82) is 0 Å². The van der Waals surface area contributed by atoms with Gasteiger partial charge in [-0.25, -0.2) is 0 Å². The molecule has 0 saturated carbocycles. The molecule has 2 aromatic carbocycles. The van der Waals surface area contributed by atoms with Crippen LogP contribution >= 0.6 is 0 Å². The Morgan fingerprint density at radius 2 is 1.48 bits per heavy atom. The quantitative estimate of drug-likeness (QED) is 0.636. The van der Waals surface area contributed by atoms with Gasteiger partial charge in [0.15, 0.2) is 11.5 Å². The second-order valence-electron chi connectivity index (χ2n) is 4.48. The van der Waals surface area contributed by atoms with E-state index in [1.165, 1.54) is 0 Å². The molecule has 0 fully saturated rings. The first-order chi connectivity index (χ1) is 10.2. The van der Waals surface area contributed by atoms with Gasteiger partial charge in [0, 0.05) is 0 Å². The molecule has 0 unspecified atom stereocenters. The largest absolute Gasteiger partial charge is 0.382 e. The monoisotopic (exact) mass is 278 g/mol. The van der Waals surface area contributed by atoms with Crippen LogP contribution in [0.2, 0.25) is 0 Å². The van der Waals surface area contributed by atoms with E-state index in [-0.39, 0.29) is 5.82 Å². The Kier molecular flexibility index (Phi) is 3.34. The summed E-state index contributed by atoms with van der Waals surface area (Å²) < 4.78 is 0. The molecule has 0 amide bonds. The van der Waals surface area contributed by atoms with Crippen molar-refractivity contribution in [3.8, 4) is 11.1 Å². The number of nitrogens with zero attached hydrogens (tertiary/aromatic N) is 3. The lowest BCUT2D eigenvalue weighted by Gasteiger charge is -2.01. The Morgan fingerprint density at radius 3 is 2.10 bits per heavy atom. The van der Waals surface area contributed by atoms with Crippen LogP contribution in [-0.4, -0.2) is 10.2 Å². The molecule has 1 aromatic heterocycles. The molecule has 104 valence electrons. The van der Waals surface area contributed by atoms with Crippen LogP contribution in [0.15, 0.2) is 64.8 Å².